The van der Waals surface area contributed by atoms with Crippen LogP contribution in [0.1, 0.15) is 25.7 Å². The van der Waals surface area contributed by atoms with Crippen LogP contribution in [0.2, 0.25) is 0 Å². The summed E-state index contributed by atoms with van der Waals surface area (Å²) >= 11 is -1.15. The molecule has 0 aliphatic heterocycles. The number of rotatable bonds is 13. The van der Waals surface area contributed by atoms with E-state index in [2.05, 4.69) is 20.8 Å². The number of carbonyl (C=O) groups is 1. The molecule has 23 heteroatoms. The second-order valence-corrected chi connectivity index (χ2v) is 16.1. The van der Waals surface area contributed by atoms with Crippen molar-refractivity contribution in [2.75, 3.05) is 13.2 Å². The molecule has 0 bridgehead atoms. The van der Waals surface area contributed by atoms with E-state index in [4.69, 9.17) is 4.55 Å². The average molecular weight is 923 g/mol. The van der Waals surface area contributed by atoms with Crippen LogP contribution in [0.15, 0.2) is 66.7 Å². The van der Waals surface area contributed by atoms with Gasteiger partial charge in [-0.3, -0.25) is 4.55 Å². The van der Waals surface area contributed by atoms with Gasteiger partial charge in [0, 0.05) is 0 Å². The van der Waals surface area contributed by atoms with Gasteiger partial charge in [0.2, 0.25) is 0 Å². The van der Waals surface area contributed by atoms with Crippen molar-refractivity contribution < 1.29 is 115 Å². The number of carbonyl (C=O) groups excluding carboxylic acids is 1. The Morgan fingerprint density at radius 1 is 0.717 bits per heavy atom. The first-order chi connectivity index (χ1) is 24.0. The zero-order valence-corrected chi connectivity index (χ0v) is 29.2. The minimum atomic E-state index is -6.62. The Bertz CT molecular complexity index is 1670. The van der Waals surface area contributed by atoms with Gasteiger partial charge in [-0.2, -0.15) is 17.2 Å². The fraction of sp³-hybridized carbons (Fsp3) is 0.500. The summed E-state index contributed by atoms with van der Waals surface area (Å²) in [6.07, 6.45) is -32.5. The first-order valence-corrected chi connectivity index (χ1v) is 18.2. The van der Waals surface area contributed by atoms with E-state index in [0.717, 1.165) is 18.2 Å². The Balaban J connectivity index is 1.95. The number of hydrogen-bond acceptors (Lipinski definition) is 6. The van der Waals surface area contributed by atoms with E-state index >= 15 is 0 Å². The Hall–Kier alpha value is -2.93. The first kappa shape index (κ1) is 44.5. The van der Waals surface area contributed by atoms with Crippen LogP contribution in [0.25, 0.3) is 0 Å². The third-order valence-electron chi connectivity index (χ3n) is 8.05. The molecule has 0 spiro atoms. The van der Waals surface area contributed by atoms with Crippen molar-refractivity contribution in [1.82, 2.24) is 0 Å². The Morgan fingerprint density at radius 3 is 1.62 bits per heavy atom. The van der Waals surface area contributed by atoms with Crippen molar-refractivity contribution in [3.05, 3.63) is 73.9 Å². The molecule has 0 radical (unpaired) electrons. The standard InChI is InChI=1S/C30H26F14IO7S/c1-17(15-50-16-24(31,32)53(47,48)49)23(46)52-26(29(39,40)41,30(42,43)44)19-12-10-18(11-13-19)25(27(33,34)35,28(36,37)38)51-22-9-5-8-21(14-22)45-20-6-3-2-4-7-20/h2-9,14,18-19H,1,10-13,15-16H2,(H,47,48,49)/q-1. The van der Waals surface area contributed by atoms with E-state index in [1.165, 1.54) is 6.07 Å². The van der Waals surface area contributed by atoms with Crippen LogP contribution in [0.5, 0.6) is 5.75 Å². The van der Waals surface area contributed by atoms with Crippen LogP contribution in [0, 0.1) is 19.0 Å². The van der Waals surface area contributed by atoms with Gasteiger partial charge in [0.1, 0.15) is 6.61 Å². The molecule has 300 valence electrons. The van der Waals surface area contributed by atoms with Crippen LogP contribution < -0.4 is 25.9 Å². The maximum absolute atomic E-state index is 14.6. The SMILES string of the molecule is C=C(COCC(F)(F)S(=O)(=O)O)C(=O)OC(C1CCC(C(Oc2cccc([I-]c3ccccc3)c2)(C(F)(F)F)C(F)(F)F)CC1)(C(F)(F)F)C(F)(F)F. The minimum absolute atomic E-state index is 0.301. The van der Waals surface area contributed by atoms with E-state index in [1.807, 2.05) is 0 Å². The van der Waals surface area contributed by atoms with E-state index < -0.39 is 141 Å². The van der Waals surface area contributed by atoms with Gasteiger partial charge in [0.05, 0.1) is 12.2 Å². The summed E-state index contributed by atoms with van der Waals surface area (Å²) in [6, 6.07) is 12.5. The van der Waals surface area contributed by atoms with E-state index in [9.17, 15) is 74.7 Å². The van der Waals surface area contributed by atoms with Gasteiger partial charge >= 0.3 is 246 Å². The molecule has 0 heterocycles. The van der Waals surface area contributed by atoms with E-state index in [0.29, 0.717) is 7.14 Å². The van der Waals surface area contributed by atoms with Crippen molar-refractivity contribution in [3.8, 4) is 5.75 Å². The number of esters is 1. The predicted octanol–water partition coefficient (Wildman–Crippen LogP) is 5.32. The molecule has 0 atom stereocenters. The summed E-state index contributed by atoms with van der Waals surface area (Å²) in [5.41, 5.74) is -12.2. The molecule has 0 aromatic heterocycles. The van der Waals surface area contributed by atoms with Crippen LogP contribution in [0.3, 0.4) is 0 Å². The van der Waals surface area contributed by atoms with Crippen molar-refractivity contribution in [2.24, 2.45) is 11.8 Å². The number of hydrogen-bond donors (Lipinski definition) is 1. The Kier molecular flexibility index (Phi) is 13.1. The van der Waals surface area contributed by atoms with Gasteiger partial charge in [0.15, 0.2) is 0 Å². The summed E-state index contributed by atoms with van der Waals surface area (Å²) in [5, 5.41) is -5.05. The molecule has 3 rings (SSSR count). The second kappa shape index (κ2) is 15.7. The Labute approximate surface area is 301 Å². The fourth-order valence-electron chi connectivity index (χ4n) is 5.58. The van der Waals surface area contributed by atoms with Crippen molar-refractivity contribution in [1.29, 1.82) is 0 Å². The molecule has 2 aromatic carbocycles. The first-order valence-electron chi connectivity index (χ1n) is 14.6. The van der Waals surface area contributed by atoms with Crippen LogP contribution in [-0.2, 0) is 24.4 Å². The van der Waals surface area contributed by atoms with E-state index in [-0.39, 0.29) is 0 Å². The zero-order valence-electron chi connectivity index (χ0n) is 26.3. The van der Waals surface area contributed by atoms with Gasteiger partial charge in [0.25, 0.3) is 0 Å². The third-order valence-corrected chi connectivity index (χ3v) is 11.6. The van der Waals surface area contributed by atoms with Gasteiger partial charge in [-0.25, -0.2) is 4.79 Å². The number of halogens is 15. The molecule has 1 aliphatic carbocycles. The van der Waals surface area contributed by atoms with Crippen LogP contribution in [0.4, 0.5) is 61.5 Å². The molecule has 2 aromatic rings. The van der Waals surface area contributed by atoms with Gasteiger partial charge < -0.3 is 4.74 Å². The normalized spacial score (nSPS) is 18.5. The zero-order chi connectivity index (χ0) is 40.5. The summed E-state index contributed by atoms with van der Waals surface area (Å²) in [5.74, 6) is -9.38. The maximum atomic E-state index is 14.6. The van der Waals surface area contributed by atoms with E-state index in [1.54, 1.807) is 30.3 Å². The molecule has 1 fully saturated rings. The summed E-state index contributed by atoms with van der Waals surface area (Å²) < 4.78 is 244. The number of ether oxygens (including phenoxy) is 3. The third kappa shape index (κ3) is 9.48. The van der Waals surface area contributed by atoms with Gasteiger partial charge in [-0.15, -0.1) is 0 Å². The molecule has 1 aliphatic rings. The van der Waals surface area contributed by atoms with Crippen LogP contribution >= 0.6 is 0 Å². The molecular formula is C30H26F14IO7S-. The molecular weight excluding hydrogens is 897 g/mol. The fourth-order valence-corrected chi connectivity index (χ4v) is 8.15. The van der Waals surface area contributed by atoms with Crippen LogP contribution in [-0.4, -0.2) is 73.3 Å². The predicted molar refractivity (Wildman–Crippen MR) is 149 cm³/mol. The molecule has 1 N–H and O–H groups in total. The Morgan fingerprint density at radius 2 is 1.17 bits per heavy atom. The van der Waals surface area contributed by atoms with Crippen molar-refractivity contribution >= 4 is 16.1 Å². The summed E-state index contributed by atoms with van der Waals surface area (Å²) in [4.78, 5) is 12.4. The summed E-state index contributed by atoms with van der Waals surface area (Å²) in [6.45, 7) is -1.19. The quantitative estimate of drug-likeness (QED) is 0.0956. The molecule has 53 heavy (non-hydrogen) atoms. The van der Waals surface area contributed by atoms with Gasteiger partial charge in [-0.1, -0.05) is 6.58 Å². The molecule has 0 unspecified atom stereocenters. The topological polar surface area (TPSA) is 99.1 Å². The van der Waals surface area contributed by atoms with Crippen molar-refractivity contribution in [3.63, 3.8) is 0 Å². The molecule has 1 saturated carbocycles. The van der Waals surface area contributed by atoms with Crippen molar-refractivity contribution in [2.45, 2.75) is 66.8 Å². The molecule has 7 nitrogen and oxygen atoms in total. The molecule has 0 amide bonds. The number of alkyl halides is 14. The average Bonchev–Trinajstić information content (AvgIpc) is 3.00. The number of benzene rings is 2. The molecule has 0 saturated heterocycles. The van der Waals surface area contributed by atoms with Gasteiger partial charge in [-0.05, 0) is 0 Å². The monoisotopic (exact) mass is 923 g/mol. The second-order valence-electron chi connectivity index (χ2n) is 11.6. The summed E-state index contributed by atoms with van der Waals surface area (Å²) in [7, 11) is -6.12.